The fourth-order valence-electron chi connectivity index (χ4n) is 7.10. The molecule has 0 amide bonds. The van der Waals surface area contributed by atoms with Crippen molar-refractivity contribution in [2.45, 2.75) is 6.92 Å². The Kier molecular flexibility index (Phi) is 6.07. The largest absolute Gasteiger partial charge is 0.292 e. The lowest BCUT2D eigenvalue weighted by atomic mass is 9.85. The third-order valence-electron chi connectivity index (χ3n) is 9.22. The van der Waals surface area contributed by atoms with Crippen molar-refractivity contribution >= 4 is 43.4 Å². The maximum absolute atomic E-state index is 5.05. The minimum absolute atomic E-state index is 0.945. The number of hydrogen-bond donors (Lipinski definition) is 0. The van der Waals surface area contributed by atoms with Crippen LogP contribution in [0.4, 0.5) is 0 Å². The van der Waals surface area contributed by atoms with Gasteiger partial charge in [0.15, 0.2) is 0 Å². The highest BCUT2D eigenvalue weighted by atomic mass is 15.1. The third-order valence-corrected chi connectivity index (χ3v) is 9.22. The van der Waals surface area contributed by atoms with Crippen LogP contribution in [-0.2, 0) is 0 Å². The van der Waals surface area contributed by atoms with E-state index in [1.165, 1.54) is 60.1 Å². The molecule has 216 valence electrons. The van der Waals surface area contributed by atoms with Gasteiger partial charge in [0, 0.05) is 11.3 Å². The zero-order valence-corrected chi connectivity index (χ0v) is 25.5. The second-order valence-electron chi connectivity index (χ2n) is 12.1. The first-order chi connectivity index (χ1) is 22.7. The van der Waals surface area contributed by atoms with Crippen LogP contribution >= 0.6 is 0 Å². The van der Waals surface area contributed by atoms with E-state index in [0.29, 0.717) is 0 Å². The number of para-hydroxylation sites is 2. The van der Waals surface area contributed by atoms with E-state index in [-0.39, 0.29) is 0 Å². The van der Waals surface area contributed by atoms with Crippen LogP contribution in [0.1, 0.15) is 5.56 Å². The van der Waals surface area contributed by atoms with E-state index in [2.05, 4.69) is 169 Å². The van der Waals surface area contributed by atoms with Crippen LogP contribution in [0.5, 0.6) is 0 Å². The first-order valence-electron chi connectivity index (χ1n) is 15.8. The fourth-order valence-corrected chi connectivity index (χ4v) is 7.10. The molecule has 0 spiro atoms. The number of rotatable bonds is 4. The Bertz CT molecular complexity index is 2570. The zero-order valence-electron chi connectivity index (χ0n) is 25.5. The van der Waals surface area contributed by atoms with E-state index in [9.17, 15) is 0 Å². The second kappa shape index (κ2) is 10.6. The molecule has 9 rings (SSSR count). The van der Waals surface area contributed by atoms with Crippen LogP contribution in [0.25, 0.3) is 82.7 Å². The Morgan fingerprint density at radius 2 is 1.07 bits per heavy atom. The topological polar surface area (TPSA) is 17.8 Å². The number of aromatic nitrogens is 2. The maximum Gasteiger partial charge on any atom is 0.145 e. The number of benzene rings is 8. The maximum atomic E-state index is 5.05. The summed E-state index contributed by atoms with van der Waals surface area (Å²) >= 11 is 0. The molecule has 9 aromatic rings. The molecule has 0 aliphatic heterocycles. The van der Waals surface area contributed by atoms with Gasteiger partial charge in [-0.25, -0.2) is 4.98 Å². The Morgan fingerprint density at radius 1 is 0.435 bits per heavy atom. The van der Waals surface area contributed by atoms with E-state index >= 15 is 0 Å². The summed E-state index contributed by atoms with van der Waals surface area (Å²) in [7, 11) is 0. The zero-order chi connectivity index (χ0) is 30.6. The van der Waals surface area contributed by atoms with Crippen molar-refractivity contribution in [3.63, 3.8) is 0 Å². The molecule has 2 heteroatoms. The Balaban J connectivity index is 1.27. The summed E-state index contributed by atoms with van der Waals surface area (Å²) in [6.45, 7) is 2.19. The molecule has 46 heavy (non-hydrogen) atoms. The number of fused-ring (bicyclic) bond motifs is 4. The molecule has 0 aliphatic carbocycles. The van der Waals surface area contributed by atoms with Gasteiger partial charge in [0.05, 0.1) is 11.0 Å². The van der Waals surface area contributed by atoms with Gasteiger partial charge in [0.1, 0.15) is 5.82 Å². The van der Waals surface area contributed by atoms with Gasteiger partial charge in [0.2, 0.25) is 0 Å². The quantitative estimate of drug-likeness (QED) is 0.188. The minimum atomic E-state index is 0.945. The molecular weight excluding hydrogens is 556 g/mol. The van der Waals surface area contributed by atoms with Gasteiger partial charge >= 0.3 is 0 Å². The Labute approximate surface area is 267 Å². The van der Waals surface area contributed by atoms with Crippen LogP contribution < -0.4 is 0 Å². The monoisotopic (exact) mass is 586 g/mol. The van der Waals surface area contributed by atoms with Crippen molar-refractivity contribution in [3.8, 4) is 39.3 Å². The number of nitrogens with zero attached hydrogens (tertiary/aromatic N) is 2. The molecule has 0 saturated carbocycles. The average molecular weight is 587 g/mol. The summed E-state index contributed by atoms with van der Waals surface area (Å²) in [5.74, 6) is 0.945. The van der Waals surface area contributed by atoms with Crippen LogP contribution in [0, 0.1) is 6.92 Å². The van der Waals surface area contributed by atoms with Crippen LogP contribution in [-0.4, -0.2) is 9.55 Å². The summed E-state index contributed by atoms with van der Waals surface area (Å²) in [6, 6.07) is 59.1. The summed E-state index contributed by atoms with van der Waals surface area (Å²) in [5, 5.41) is 7.58. The van der Waals surface area contributed by atoms with Gasteiger partial charge in [-0.15, -0.1) is 0 Å². The lowest BCUT2D eigenvalue weighted by Crippen LogP contribution is -1.98. The molecule has 0 saturated heterocycles. The van der Waals surface area contributed by atoms with Crippen molar-refractivity contribution in [2.75, 3.05) is 0 Å². The van der Waals surface area contributed by atoms with Gasteiger partial charge < -0.3 is 0 Å². The third kappa shape index (κ3) is 4.22. The van der Waals surface area contributed by atoms with Crippen molar-refractivity contribution in [1.29, 1.82) is 0 Å². The standard InChI is InChI=1S/C44H30N2/c1-29-19-26-38-39(27-29)42(36-15-7-8-16-37(36)43(38)34-21-20-30-11-5-6-14-33(30)28-34)31-22-24-35(25-23-31)46-41-18-10-9-17-40(41)45-44(46)32-12-3-2-4-13-32/h2-28H,1H3. The first kappa shape index (κ1) is 26.4. The van der Waals surface area contributed by atoms with Gasteiger partial charge in [-0.1, -0.05) is 139 Å². The molecule has 0 unspecified atom stereocenters. The lowest BCUT2D eigenvalue weighted by Gasteiger charge is -2.19. The number of aryl methyl sites for hydroxylation is 1. The molecule has 0 aliphatic rings. The van der Waals surface area contributed by atoms with Crippen molar-refractivity contribution in [1.82, 2.24) is 9.55 Å². The first-order valence-corrected chi connectivity index (χ1v) is 15.8. The Morgan fingerprint density at radius 3 is 1.87 bits per heavy atom. The normalized spacial score (nSPS) is 11.6. The molecule has 1 heterocycles. The minimum Gasteiger partial charge on any atom is -0.292 e. The highest BCUT2D eigenvalue weighted by molar-refractivity contribution is 6.21. The van der Waals surface area contributed by atoms with E-state index in [1.54, 1.807) is 0 Å². The molecule has 0 fully saturated rings. The summed E-state index contributed by atoms with van der Waals surface area (Å²) in [4.78, 5) is 5.05. The number of imidazole rings is 1. The molecule has 0 N–H and O–H groups in total. The van der Waals surface area contributed by atoms with Crippen molar-refractivity contribution in [3.05, 3.63) is 169 Å². The van der Waals surface area contributed by atoms with Gasteiger partial charge in [0.25, 0.3) is 0 Å². The van der Waals surface area contributed by atoms with Crippen LogP contribution in [0.2, 0.25) is 0 Å². The van der Waals surface area contributed by atoms with Crippen molar-refractivity contribution < 1.29 is 0 Å². The molecular formula is C44H30N2. The smallest absolute Gasteiger partial charge is 0.145 e. The summed E-state index contributed by atoms with van der Waals surface area (Å²) < 4.78 is 2.28. The SMILES string of the molecule is Cc1ccc2c(-c3ccc4ccccc4c3)c3ccccc3c(-c3ccc(-n4c(-c5ccccc5)nc5ccccc54)cc3)c2c1. The van der Waals surface area contributed by atoms with E-state index < -0.39 is 0 Å². The highest BCUT2D eigenvalue weighted by Gasteiger charge is 2.18. The van der Waals surface area contributed by atoms with Crippen LogP contribution in [0.3, 0.4) is 0 Å². The summed E-state index contributed by atoms with van der Waals surface area (Å²) in [5.41, 5.74) is 10.5. The van der Waals surface area contributed by atoms with Gasteiger partial charge in [-0.2, -0.15) is 0 Å². The van der Waals surface area contributed by atoms with Gasteiger partial charge in [-0.3, -0.25) is 4.57 Å². The molecule has 0 radical (unpaired) electrons. The Hall–Kier alpha value is -5.99. The van der Waals surface area contributed by atoms with Gasteiger partial charge in [-0.05, 0) is 91.8 Å². The number of hydrogen-bond acceptors (Lipinski definition) is 1. The van der Waals surface area contributed by atoms with E-state index in [4.69, 9.17) is 4.98 Å². The predicted octanol–water partition coefficient (Wildman–Crippen LogP) is 11.8. The molecule has 8 aromatic carbocycles. The molecule has 2 nitrogen and oxygen atoms in total. The fraction of sp³-hybridized carbons (Fsp3) is 0.0227. The summed E-state index contributed by atoms with van der Waals surface area (Å²) in [6.07, 6.45) is 0. The van der Waals surface area contributed by atoms with E-state index in [1.807, 2.05) is 6.07 Å². The second-order valence-corrected chi connectivity index (χ2v) is 12.1. The van der Waals surface area contributed by atoms with E-state index in [0.717, 1.165) is 28.1 Å². The van der Waals surface area contributed by atoms with Crippen molar-refractivity contribution in [2.24, 2.45) is 0 Å². The molecule has 0 bridgehead atoms. The lowest BCUT2D eigenvalue weighted by molar-refractivity contribution is 1.10. The predicted molar refractivity (Wildman–Crippen MR) is 195 cm³/mol. The average Bonchev–Trinajstić information content (AvgIpc) is 3.51. The molecule has 1 aromatic heterocycles. The highest BCUT2D eigenvalue weighted by Crippen LogP contribution is 2.44. The molecule has 0 atom stereocenters. The van der Waals surface area contributed by atoms with Crippen LogP contribution in [0.15, 0.2) is 164 Å².